The highest BCUT2D eigenvalue weighted by molar-refractivity contribution is 5.81. The van der Waals surface area contributed by atoms with Gasteiger partial charge in [-0.15, -0.1) is 0 Å². The summed E-state index contributed by atoms with van der Waals surface area (Å²) in [7, 11) is 1.37. The molecule has 1 atom stereocenters. The smallest absolute Gasteiger partial charge is 0.330 e. The van der Waals surface area contributed by atoms with E-state index in [2.05, 4.69) is 5.32 Å². The van der Waals surface area contributed by atoms with Gasteiger partial charge in [-0.1, -0.05) is 19.9 Å². The number of nitrogens with one attached hydrogen (secondary N) is 1. The first kappa shape index (κ1) is 16.6. The monoisotopic (exact) mass is 257 g/mol. The summed E-state index contributed by atoms with van der Waals surface area (Å²) in [6, 6.07) is -0.346. The molecule has 0 aromatic rings. The van der Waals surface area contributed by atoms with Crippen molar-refractivity contribution < 1.29 is 19.1 Å². The topological polar surface area (TPSA) is 64.6 Å². The van der Waals surface area contributed by atoms with Crippen LogP contribution in [0.4, 0.5) is 0 Å². The van der Waals surface area contributed by atoms with Gasteiger partial charge >= 0.3 is 11.9 Å². The molecule has 0 spiro atoms. The Balaban J connectivity index is 4.11. The van der Waals surface area contributed by atoms with Crippen molar-refractivity contribution in [1.82, 2.24) is 5.32 Å². The normalized spacial score (nSPS) is 12.7. The molecule has 0 bridgehead atoms. The van der Waals surface area contributed by atoms with Crippen molar-refractivity contribution in [3.63, 3.8) is 0 Å². The Morgan fingerprint density at radius 3 is 2.50 bits per heavy atom. The number of carbonyl (C=O) groups is 2. The third-order valence-corrected chi connectivity index (χ3v) is 2.22. The number of esters is 2. The molecule has 104 valence electrons. The Hall–Kier alpha value is -1.36. The number of hydrogen-bond acceptors (Lipinski definition) is 5. The fraction of sp³-hybridized carbons (Fsp3) is 0.692. The summed E-state index contributed by atoms with van der Waals surface area (Å²) >= 11 is 0. The number of hydrogen-bond donors (Lipinski definition) is 1. The largest absolute Gasteiger partial charge is 0.468 e. The van der Waals surface area contributed by atoms with Gasteiger partial charge < -0.3 is 14.8 Å². The SMILES string of the molecule is CCOC(=O)/C=C/CNC(CC(C)C)C(=O)OC. The summed E-state index contributed by atoms with van der Waals surface area (Å²) in [5, 5.41) is 3.03. The first-order valence-corrected chi connectivity index (χ1v) is 6.15. The second kappa shape index (κ2) is 9.65. The van der Waals surface area contributed by atoms with Crippen LogP contribution in [0.1, 0.15) is 27.2 Å². The molecule has 0 saturated heterocycles. The molecule has 0 aromatic heterocycles. The Labute approximate surface area is 109 Å². The first-order chi connectivity index (χ1) is 8.51. The van der Waals surface area contributed by atoms with Crippen LogP contribution in [0.2, 0.25) is 0 Å². The maximum atomic E-state index is 11.5. The van der Waals surface area contributed by atoms with Crippen LogP contribution in [0.25, 0.3) is 0 Å². The van der Waals surface area contributed by atoms with Gasteiger partial charge in [0, 0.05) is 12.6 Å². The molecule has 0 heterocycles. The molecule has 0 aliphatic heterocycles. The van der Waals surface area contributed by atoms with Crippen molar-refractivity contribution in [1.29, 1.82) is 0 Å². The second-order valence-corrected chi connectivity index (χ2v) is 4.27. The Kier molecular flexibility index (Phi) is 8.92. The van der Waals surface area contributed by atoms with Gasteiger partial charge in [0.15, 0.2) is 0 Å². The lowest BCUT2D eigenvalue weighted by atomic mass is 10.0. The minimum absolute atomic E-state index is 0.284. The van der Waals surface area contributed by atoms with E-state index in [0.717, 1.165) is 0 Å². The Morgan fingerprint density at radius 2 is 2.00 bits per heavy atom. The van der Waals surface area contributed by atoms with Gasteiger partial charge in [0.25, 0.3) is 0 Å². The summed E-state index contributed by atoms with van der Waals surface area (Å²) in [5.74, 6) is -0.276. The van der Waals surface area contributed by atoms with Crippen molar-refractivity contribution in [3.05, 3.63) is 12.2 Å². The zero-order valence-electron chi connectivity index (χ0n) is 11.6. The lowest BCUT2D eigenvalue weighted by molar-refractivity contribution is -0.143. The average molecular weight is 257 g/mol. The number of rotatable bonds is 8. The molecule has 0 saturated carbocycles. The standard InChI is InChI=1S/C13H23NO4/c1-5-18-12(15)7-6-8-14-11(9-10(2)3)13(16)17-4/h6-7,10-11,14H,5,8-9H2,1-4H3/b7-6+. The van der Waals surface area contributed by atoms with Crippen molar-refractivity contribution in [2.45, 2.75) is 33.2 Å². The first-order valence-electron chi connectivity index (χ1n) is 6.15. The Bertz CT molecular complexity index is 287. The van der Waals surface area contributed by atoms with Gasteiger partial charge in [-0.05, 0) is 19.3 Å². The van der Waals surface area contributed by atoms with Crippen molar-refractivity contribution in [2.75, 3.05) is 20.3 Å². The molecule has 0 aliphatic carbocycles. The number of methoxy groups -OCH3 is 1. The molecule has 0 rings (SSSR count). The van der Waals surface area contributed by atoms with Gasteiger partial charge in [0.2, 0.25) is 0 Å². The van der Waals surface area contributed by atoms with E-state index in [0.29, 0.717) is 25.5 Å². The highest BCUT2D eigenvalue weighted by Gasteiger charge is 2.18. The quantitative estimate of drug-likeness (QED) is 0.524. The number of carbonyl (C=O) groups excluding carboxylic acids is 2. The minimum atomic E-state index is -0.377. The predicted octanol–water partition coefficient (Wildman–Crippen LogP) is 1.28. The summed E-state index contributed by atoms with van der Waals surface area (Å²) < 4.78 is 9.45. The van der Waals surface area contributed by atoms with Crippen molar-refractivity contribution >= 4 is 11.9 Å². The van der Waals surface area contributed by atoms with Crippen molar-refractivity contribution in [3.8, 4) is 0 Å². The van der Waals surface area contributed by atoms with Crippen LogP contribution in [0.15, 0.2) is 12.2 Å². The summed E-state index contributed by atoms with van der Waals surface area (Å²) in [4.78, 5) is 22.5. The molecule has 1 N–H and O–H groups in total. The highest BCUT2D eigenvalue weighted by atomic mass is 16.5. The van der Waals surface area contributed by atoms with Crippen LogP contribution in [-0.4, -0.2) is 38.2 Å². The van der Waals surface area contributed by atoms with Gasteiger partial charge in [0.1, 0.15) is 6.04 Å². The van der Waals surface area contributed by atoms with E-state index >= 15 is 0 Å². The van der Waals surface area contributed by atoms with Gasteiger partial charge in [0.05, 0.1) is 13.7 Å². The van der Waals surface area contributed by atoms with Gasteiger partial charge in [-0.3, -0.25) is 4.79 Å². The number of ether oxygens (including phenoxy) is 2. The molecule has 0 aromatic carbocycles. The van der Waals surface area contributed by atoms with E-state index in [1.165, 1.54) is 13.2 Å². The molecule has 0 aliphatic rings. The lowest BCUT2D eigenvalue weighted by Gasteiger charge is -2.17. The average Bonchev–Trinajstić information content (AvgIpc) is 2.32. The van der Waals surface area contributed by atoms with Crippen LogP contribution in [-0.2, 0) is 19.1 Å². The fourth-order valence-corrected chi connectivity index (χ4v) is 1.43. The molecule has 18 heavy (non-hydrogen) atoms. The summed E-state index contributed by atoms with van der Waals surface area (Å²) in [6.45, 7) is 6.60. The molecular weight excluding hydrogens is 234 g/mol. The lowest BCUT2D eigenvalue weighted by Crippen LogP contribution is -2.38. The van der Waals surface area contributed by atoms with E-state index in [4.69, 9.17) is 9.47 Å². The molecule has 5 nitrogen and oxygen atoms in total. The molecule has 0 fully saturated rings. The molecule has 1 unspecified atom stereocenters. The van der Waals surface area contributed by atoms with E-state index in [9.17, 15) is 9.59 Å². The van der Waals surface area contributed by atoms with Crippen LogP contribution in [0.3, 0.4) is 0 Å². The van der Waals surface area contributed by atoms with E-state index in [1.54, 1.807) is 13.0 Å². The Morgan fingerprint density at radius 1 is 1.33 bits per heavy atom. The molecule has 0 amide bonds. The summed E-state index contributed by atoms with van der Waals surface area (Å²) in [5.41, 5.74) is 0. The van der Waals surface area contributed by atoms with E-state index in [1.807, 2.05) is 13.8 Å². The molecule has 5 heteroatoms. The molecular formula is C13H23NO4. The van der Waals surface area contributed by atoms with Crippen LogP contribution >= 0.6 is 0 Å². The van der Waals surface area contributed by atoms with Gasteiger partial charge in [-0.25, -0.2) is 4.79 Å². The maximum absolute atomic E-state index is 11.5. The fourth-order valence-electron chi connectivity index (χ4n) is 1.43. The van der Waals surface area contributed by atoms with Crippen LogP contribution in [0.5, 0.6) is 0 Å². The third kappa shape index (κ3) is 7.84. The van der Waals surface area contributed by atoms with E-state index < -0.39 is 0 Å². The predicted molar refractivity (Wildman–Crippen MR) is 69.0 cm³/mol. The third-order valence-electron chi connectivity index (χ3n) is 2.22. The minimum Gasteiger partial charge on any atom is -0.468 e. The molecule has 0 radical (unpaired) electrons. The maximum Gasteiger partial charge on any atom is 0.330 e. The van der Waals surface area contributed by atoms with Crippen molar-refractivity contribution in [2.24, 2.45) is 5.92 Å². The second-order valence-electron chi connectivity index (χ2n) is 4.27. The van der Waals surface area contributed by atoms with Crippen LogP contribution in [0, 0.1) is 5.92 Å². The zero-order chi connectivity index (χ0) is 14.0. The zero-order valence-corrected chi connectivity index (χ0v) is 11.6. The van der Waals surface area contributed by atoms with Crippen LogP contribution < -0.4 is 5.32 Å². The van der Waals surface area contributed by atoms with E-state index in [-0.39, 0.29) is 18.0 Å². The summed E-state index contributed by atoms with van der Waals surface area (Å²) in [6.07, 6.45) is 3.67. The van der Waals surface area contributed by atoms with Gasteiger partial charge in [-0.2, -0.15) is 0 Å². The highest BCUT2D eigenvalue weighted by Crippen LogP contribution is 2.05.